The molecule has 2 rings (SSSR count). The molecule has 1 aliphatic carbocycles. The Hall–Kier alpha value is -1.11. The molecule has 0 heterocycles. The van der Waals surface area contributed by atoms with E-state index < -0.39 is 0 Å². The Labute approximate surface area is 87.6 Å². The third kappa shape index (κ3) is 1.59. The Morgan fingerprint density at radius 1 is 1.57 bits per heavy atom. The van der Waals surface area contributed by atoms with Crippen LogP contribution in [0.1, 0.15) is 23.5 Å². The van der Waals surface area contributed by atoms with Crippen LogP contribution in [0.15, 0.2) is 23.2 Å². The molecule has 0 bridgehead atoms. The number of isocyanates is 1. The number of benzene rings is 1. The van der Waals surface area contributed by atoms with E-state index in [1.54, 1.807) is 6.08 Å². The summed E-state index contributed by atoms with van der Waals surface area (Å²) in [6.45, 7) is 0.539. The molecule has 0 saturated heterocycles. The van der Waals surface area contributed by atoms with E-state index >= 15 is 0 Å². The number of hydrogen-bond acceptors (Lipinski definition) is 2. The van der Waals surface area contributed by atoms with Crippen molar-refractivity contribution in [2.45, 2.75) is 18.8 Å². The second-order valence-corrected chi connectivity index (χ2v) is 3.88. The van der Waals surface area contributed by atoms with E-state index in [0.717, 1.165) is 17.9 Å². The largest absolute Gasteiger partial charge is 0.234 e. The first kappa shape index (κ1) is 9.45. The first-order valence-corrected chi connectivity index (χ1v) is 5.01. The number of halogens is 1. The second kappa shape index (κ2) is 3.95. The number of carbonyl (C=O) groups excluding carboxylic acids is 1. The first-order valence-electron chi connectivity index (χ1n) is 4.64. The number of aliphatic imine (C=N–C) groups is 1. The van der Waals surface area contributed by atoms with Crippen LogP contribution in [0.5, 0.6) is 0 Å². The van der Waals surface area contributed by atoms with E-state index in [1.807, 2.05) is 12.1 Å². The minimum Gasteiger partial charge on any atom is -0.211 e. The molecule has 0 spiro atoms. The van der Waals surface area contributed by atoms with Crippen molar-refractivity contribution in [2.24, 2.45) is 4.99 Å². The molecule has 1 atom stereocenters. The molecule has 1 aromatic carbocycles. The molecular formula is C11H10ClNO. The first-order chi connectivity index (χ1) is 6.83. The van der Waals surface area contributed by atoms with Crippen molar-refractivity contribution in [1.29, 1.82) is 0 Å². The maximum Gasteiger partial charge on any atom is 0.234 e. The van der Waals surface area contributed by atoms with Gasteiger partial charge < -0.3 is 0 Å². The van der Waals surface area contributed by atoms with Gasteiger partial charge in [0.2, 0.25) is 6.08 Å². The van der Waals surface area contributed by atoms with Crippen LogP contribution >= 0.6 is 11.6 Å². The third-order valence-electron chi connectivity index (χ3n) is 2.71. The maximum absolute atomic E-state index is 10.0. The van der Waals surface area contributed by atoms with Crippen LogP contribution in [-0.2, 0) is 11.2 Å². The summed E-state index contributed by atoms with van der Waals surface area (Å²) in [4.78, 5) is 13.7. The van der Waals surface area contributed by atoms with Crippen molar-refractivity contribution in [1.82, 2.24) is 0 Å². The van der Waals surface area contributed by atoms with Gasteiger partial charge in [0.05, 0.1) is 6.54 Å². The van der Waals surface area contributed by atoms with Crippen LogP contribution in [0.4, 0.5) is 0 Å². The molecule has 3 heteroatoms. The topological polar surface area (TPSA) is 29.4 Å². The maximum atomic E-state index is 10.0. The van der Waals surface area contributed by atoms with Gasteiger partial charge in [-0.25, -0.2) is 9.79 Å². The zero-order valence-electron chi connectivity index (χ0n) is 7.66. The Bertz CT molecular complexity index is 396. The lowest BCUT2D eigenvalue weighted by atomic mass is 10.0. The summed E-state index contributed by atoms with van der Waals surface area (Å²) in [6.07, 6.45) is 3.61. The highest BCUT2D eigenvalue weighted by atomic mass is 35.5. The van der Waals surface area contributed by atoms with E-state index in [1.165, 1.54) is 11.1 Å². The van der Waals surface area contributed by atoms with Crippen molar-refractivity contribution in [3.63, 3.8) is 0 Å². The molecule has 72 valence electrons. The SMILES string of the molecule is O=C=NCC1CCc2c(Cl)cccc21. The lowest BCUT2D eigenvalue weighted by Crippen LogP contribution is -1.97. The number of hydrogen-bond donors (Lipinski definition) is 0. The van der Waals surface area contributed by atoms with Gasteiger partial charge in [0.1, 0.15) is 0 Å². The van der Waals surface area contributed by atoms with Crippen LogP contribution in [0.3, 0.4) is 0 Å². The molecule has 0 N–H and O–H groups in total. The van der Waals surface area contributed by atoms with Gasteiger partial charge in [-0.2, -0.15) is 0 Å². The fourth-order valence-corrected chi connectivity index (χ4v) is 2.31. The van der Waals surface area contributed by atoms with Gasteiger partial charge >= 0.3 is 0 Å². The smallest absolute Gasteiger partial charge is 0.211 e. The molecule has 0 radical (unpaired) electrons. The molecule has 1 unspecified atom stereocenters. The molecular weight excluding hydrogens is 198 g/mol. The number of rotatable bonds is 2. The minimum absolute atomic E-state index is 0.352. The second-order valence-electron chi connectivity index (χ2n) is 3.48. The van der Waals surface area contributed by atoms with E-state index in [-0.39, 0.29) is 0 Å². The molecule has 0 saturated carbocycles. The van der Waals surface area contributed by atoms with Crippen LogP contribution < -0.4 is 0 Å². The molecule has 0 aromatic heterocycles. The van der Waals surface area contributed by atoms with Crippen molar-refractivity contribution < 1.29 is 4.79 Å². The molecule has 0 aliphatic heterocycles. The summed E-state index contributed by atoms with van der Waals surface area (Å²) in [5, 5.41) is 0.833. The fraction of sp³-hybridized carbons (Fsp3) is 0.364. The van der Waals surface area contributed by atoms with E-state index in [4.69, 9.17) is 11.6 Å². The standard InChI is InChI=1S/C11H10ClNO/c12-11-3-1-2-9-8(6-13-7-14)4-5-10(9)11/h1-3,8H,4-6H2. The van der Waals surface area contributed by atoms with Gasteiger partial charge in [-0.3, -0.25) is 0 Å². The normalized spacial score (nSPS) is 18.8. The predicted octanol–water partition coefficient (Wildman–Crippen LogP) is 2.71. The molecule has 2 nitrogen and oxygen atoms in total. The summed E-state index contributed by atoms with van der Waals surface area (Å²) in [7, 11) is 0. The third-order valence-corrected chi connectivity index (χ3v) is 3.07. The quantitative estimate of drug-likeness (QED) is 0.542. The van der Waals surface area contributed by atoms with E-state index in [0.29, 0.717) is 12.5 Å². The summed E-state index contributed by atoms with van der Waals surface area (Å²) >= 11 is 6.06. The van der Waals surface area contributed by atoms with Crippen molar-refractivity contribution in [3.05, 3.63) is 34.3 Å². The Balaban J connectivity index is 2.30. The van der Waals surface area contributed by atoms with Crippen LogP contribution in [-0.4, -0.2) is 12.6 Å². The lowest BCUT2D eigenvalue weighted by molar-refractivity contribution is 0.560. The molecule has 0 amide bonds. The van der Waals surface area contributed by atoms with Crippen molar-refractivity contribution in [2.75, 3.05) is 6.54 Å². The Kier molecular flexibility index (Phi) is 2.67. The highest BCUT2D eigenvalue weighted by molar-refractivity contribution is 6.31. The van der Waals surface area contributed by atoms with E-state index in [9.17, 15) is 4.79 Å². The zero-order valence-corrected chi connectivity index (χ0v) is 8.42. The van der Waals surface area contributed by atoms with Gasteiger partial charge in [0.15, 0.2) is 0 Å². The average molecular weight is 208 g/mol. The summed E-state index contributed by atoms with van der Waals surface area (Å²) in [6, 6.07) is 5.93. The molecule has 0 fully saturated rings. The van der Waals surface area contributed by atoms with Gasteiger partial charge in [-0.15, -0.1) is 0 Å². The van der Waals surface area contributed by atoms with E-state index in [2.05, 4.69) is 11.1 Å². The molecule has 1 aromatic rings. The van der Waals surface area contributed by atoms with Gasteiger partial charge in [0.25, 0.3) is 0 Å². The minimum atomic E-state index is 0.352. The number of fused-ring (bicyclic) bond motifs is 1. The monoisotopic (exact) mass is 207 g/mol. The van der Waals surface area contributed by atoms with Gasteiger partial charge in [0, 0.05) is 10.9 Å². The van der Waals surface area contributed by atoms with Crippen molar-refractivity contribution >= 4 is 17.7 Å². The average Bonchev–Trinajstić information content (AvgIpc) is 2.60. The fourth-order valence-electron chi connectivity index (χ4n) is 2.03. The molecule has 1 aliphatic rings. The highest BCUT2D eigenvalue weighted by Crippen LogP contribution is 2.36. The zero-order chi connectivity index (χ0) is 9.97. The van der Waals surface area contributed by atoms with Gasteiger partial charge in [-0.1, -0.05) is 23.7 Å². The van der Waals surface area contributed by atoms with Crippen molar-refractivity contribution in [3.8, 4) is 0 Å². The lowest BCUT2D eigenvalue weighted by Gasteiger charge is -2.07. The van der Waals surface area contributed by atoms with Crippen LogP contribution in [0.2, 0.25) is 5.02 Å². The predicted molar refractivity (Wildman–Crippen MR) is 55.5 cm³/mol. The summed E-state index contributed by atoms with van der Waals surface area (Å²) < 4.78 is 0. The summed E-state index contributed by atoms with van der Waals surface area (Å²) in [5.74, 6) is 0.352. The van der Waals surface area contributed by atoms with Crippen LogP contribution in [0.25, 0.3) is 0 Å². The van der Waals surface area contributed by atoms with Gasteiger partial charge in [-0.05, 0) is 30.0 Å². The molecule has 14 heavy (non-hydrogen) atoms. The van der Waals surface area contributed by atoms with Crippen LogP contribution in [0, 0.1) is 0 Å². The highest BCUT2D eigenvalue weighted by Gasteiger charge is 2.23. The Morgan fingerprint density at radius 3 is 3.21 bits per heavy atom. The Morgan fingerprint density at radius 2 is 2.43 bits per heavy atom. The summed E-state index contributed by atoms with van der Waals surface area (Å²) in [5.41, 5.74) is 2.47. The number of nitrogens with zero attached hydrogens (tertiary/aromatic N) is 1.